The summed E-state index contributed by atoms with van der Waals surface area (Å²) in [5, 5.41) is 0. The maximum Gasteiger partial charge on any atom is 0.260 e. The molecule has 2 saturated heterocycles. The second-order valence-corrected chi connectivity index (χ2v) is 10.2. The van der Waals surface area contributed by atoms with Crippen LogP contribution < -0.4 is 9.64 Å². The lowest BCUT2D eigenvalue weighted by atomic mass is 9.85. The van der Waals surface area contributed by atoms with E-state index in [1.165, 1.54) is 12.1 Å². The molecule has 0 saturated carbocycles. The molecular weight excluding hydrogens is 483 g/mol. The Morgan fingerprint density at radius 3 is 2.39 bits per heavy atom. The maximum absolute atomic E-state index is 13.9. The first-order chi connectivity index (χ1) is 18.5. The highest BCUT2D eigenvalue weighted by Gasteiger charge is 2.53. The number of halogens is 1. The molecule has 3 aromatic carbocycles. The molecule has 0 aromatic heterocycles. The molecule has 0 unspecified atom stereocenters. The topological polar surface area (TPSA) is 56.3 Å². The van der Waals surface area contributed by atoms with Crippen molar-refractivity contribution in [3.05, 3.63) is 95.8 Å². The summed E-state index contributed by atoms with van der Waals surface area (Å²) in [5.41, 5.74) is 1.78. The lowest BCUT2D eigenvalue weighted by molar-refractivity contribution is -0.134. The molecule has 6 rings (SSSR count). The van der Waals surface area contributed by atoms with E-state index in [1.54, 1.807) is 17.0 Å². The van der Waals surface area contributed by atoms with Crippen LogP contribution in [0.3, 0.4) is 0 Å². The van der Waals surface area contributed by atoms with E-state index in [1.807, 2.05) is 59.5 Å². The fourth-order valence-electron chi connectivity index (χ4n) is 5.90. The Labute approximate surface area is 222 Å². The molecule has 38 heavy (non-hydrogen) atoms. The maximum atomic E-state index is 13.9. The minimum absolute atomic E-state index is 0.00505. The second kappa shape index (κ2) is 10.1. The third kappa shape index (κ3) is 4.49. The predicted octanol–water partition coefficient (Wildman–Crippen LogP) is 3.96. The third-order valence-corrected chi connectivity index (χ3v) is 7.99. The smallest absolute Gasteiger partial charge is 0.260 e. The van der Waals surface area contributed by atoms with Crippen LogP contribution in [0.25, 0.3) is 0 Å². The van der Waals surface area contributed by atoms with Crippen molar-refractivity contribution in [3.63, 3.8) is 0 Å². The number of benzene rings is 3. The van der Waals surface area contributed by atoms with Crippen LogP contribution in [0.1, 0.15) is 28.8 Å². The molecular formula is C30H31FN4O3. The average Bonchev–Trinajstić information content (AvgIpc) is 3.20. The summed E-state index contributed by atoms with van der Waals surface area (Å²) in [4.78, 5) is 35.0. The Balaban J connectivity index is 1.14. The molecule has 0 bridgehead atoms. The minimum atomic E-state index is -0.631. The van der Waals surface area contributed by atoms with Crippen molar-refractivity contribution < 1.29 is 18.7 Å². The number of amides is 2. The van der Waals surface area contributed by atoms with Gasteiger partial charge in [0.1, 0.15) is 17.1 Å². The van der Waals surface area contributed by atoms with E-state index in [0.717, 1.165) is 30.9 Å². The molecule has 3 heterocycles. The highest BCUT2D eigenvalue weighted by atomic mass is 19.1. The fraction of sp³-hybridized carbons (Fsp3) is 0.333. The second-order valence-electron chi connectivity index (χ2n) is 10.2. The summed E-state index contributed by atoms with van der Waals surface area (Å²) in [7, 11) is 0. The van der Waals surface area contributed by atoms with Gasteiger partial charge in [0.2, 0.25) is 5.91 Å². The molecule has 0 N–H and O–H groups in total. The molecule has 8 heteroatoms. The molecule has 1 spiro atoms. The van der Waals surface area contributed by atoms with Crippen molar-refractivity contribution in [1.29, 1.82) is 0 Å². The van der Waals surface area contributed by atoms with Gasteiger partial charge in [-0.2, -0.15) is 0 Å². The summed E-state index contributed by atoms with van der Waals surface area (Å²) in [5.74, 6) is 0.436. The van der Waals surface area contributed by atoms with Crippen LogP contribution in [0.5, 0.6) is 5.75 Å². The zero-order valence-corrected chi connectivity index (χ0v) is 21.3. The van der Waals surface area contributed by atoms with Gasteiger partial charge in [-0.25, -0.2) is 4.39 Å². The number of fused-ring (bicyclic) bond motifs is 1. The third-order valence-electron chi connectivity index (χ3n) is 7.99. The van der Waals surface area contributed by atoms with E-state index < -0.39 is 5.54 Å². The van der Waals surface area contributed by atoms with Crippen molar-refractivity contribution in [3.8, 4) is 5.75 Å². The number of rotatable bonds is 6. The van der Waals surface area contributed by atoms with Crippen LogP contribution >= 0.6 is 0 Å². The first-order valence-corrected chi connectivity index (χ1v) is 13.1. The molecule has 0 aliphatic carbocycles. The van der Waals surface area contributed by atoms with Crippen molar-refractivity contribution in [2.75, 3.05) is 44.5 Å². The van der Waals surface area contributed by atoms with Crippen molar-refractivity contribution in [1.82, 2.24) is 14.7 Å². The fourth-order valence-corrected chi connectivity index (χ4v) is 5.90. The molecule has 2 fully saturated rings. The molecule has 3 aromatic rings. The first kappa shape index (κ1) is 24.4. The molecule has 3 aliphatic rings. The number of carbonyl (C=O) groups is 2. The number of nitrogens with zero attached hydrogens (tertiary/aromatic N) is 4. The Hall–Kier alpha value is -3.91. The quantitative estimate of drug-likeness (QED) is 0.499. The number of hydrogen-bond donors (Lipinski definition) is 0. The van der Waals surface area contributed by atoms with E-state index in [0.29, 0.717) is 43.9 Å². The van der Waals surface area contributed by atoms with Gasteiger partial charge in [-0.15, -0.1) is 0 Å². The van der Waals surface area contributed by atoms with Crippen LogP contribution in [0.4, 0.5) is 10.1 Å². The molecule has 3 aliphatic heterocycles. The molecule has 7 nitrogen and oxygen atoms in total. The van der Waals surface area contributed by atoms with Gasteiger partial charge in [-0.1, -0.05) is 42.5 Å². The zero-order chi connectivity index (χ0) is 26.1. The average molecular weight is 515 g/mol. The van der Waals surface area contributed by atoms with Crippen molar-refractivity contribution in [2.24, 2.45) is 0 Å². The van der Waals surface area contributed by atoms with Crippen LogP contribution in [-0.2, 0) is 11.3 Å². The van der Waals surface area contributed by atoms with E-state index in [4.69, 9.17) is 4.74 Å². The van der Waals surface area contributed by atoms with Gasteiger partial charge in [0.15, 0.2) is 6.73 Å². The van der Waals surface area contributed by atoms with Gasteiger partial charge in [0.25, 0.3) is 5.91 Å². The number of para-hydroxylation sites is 2. The monoisotopic (exact) mass is 514 g/mol. The number of anilines is 1. The summed E-state index contributed by atoms with van der Waals surface area (Å²) in [6, 6.07) is 23.9. The van der Waals surface area contributed by atoms with Crippen molar-refractivity contribution in [2.45, 2.75) is 24.9 Å². The van der Waals surface area contributed by atoms with Gasteiger partial charge in [-0.3, -0.25) is 9.59 Å². The molecule has 0 atom stereocenters. The summed E-state index contributed by atoms with van der Waals surface area (Å²) in [6.07, 6.45) is 1.38. The van der Waals surface area contributed by atoms with Crippen molar-refractivity contribution >= 4 is 17.5 Å². The van der Waals surface area contributed by atoms with E-state index in [9.17, 15) is 14.0 Å². The van der Waals surface area contributed by atoms with Crippen LogP contribution in [-0.4, -0.2) is 71.6 Å². The van der Waals surface area contributed by atoms with Crippen LogP contribution in [0, 0.1) is 5.82 Å². The Morgan fingerprint density at radius 1 is 0.842 bits per heavy atom. The lowest BCUT2D eigenvalue weighted by Gasteiger charge is -2.43. The highest BCUT2D eigenvalue weighted by molar-refractivity contribution is 5.97. The Kier molecular flexibility index (Phi) is 6.49. The number of likely N-dealkylation sites (tertiary alicyclic amines) is 1. The SMILES string of the molecule is O=C1c2ccccc2OCN1CCN1CCC2(CC1)C(=O)N(Cc1cccc(F)c1)CN2c1ccccc1. The summed E-state index contributed by atoms with van der Waals surface area (Å²) < 4.78 is 19.6. The van der Waals surface area contributed by atoms with Crippen LogP contribution in [0.15, 0.2) is 78.9 Å². The largest absolute Gasteiger partial charge is 0.472 e. The van der Waals surface area contributed by atoms with Crippen LogP contribution in [0.2, 0.25) is 0 Å². The van der Waals surface area contributed by atoms with E-state index >= 15 is 0 Å². The summed E-state index contributed by atoms with van der Waals surface area (Å²) in [6.45, 7) is 3.90. The van der Waals surface area contributed by atoms with E-state index in [-0.39, 0.29) is 24.4 Å². The van der Waals surface area contributed by atoms with Gasteiger partial charge in [-0.05, 0) is 54.8 Å². The van der Waals surface area contributed by atoms with Gasteiger partial charge < -0.3 is 24.3 Å². The summed E-state index contributed by atoms with van der Waals surface area (Å²) >= 11 is 0. The minimum Gasteiger partial charge on any atom is -0.472 e. The highest BCUT2D eigenvalue weighted by Crippen LogP contribution is 2.40. The molecule has 196 valence electrons. The number of hydrogen-bond acceptors (Lipinski definition) is 5. The number of ether oxygens (including phenoxy) is 1. The zero-order valence-electron chi connectivity index (χ0n) is 21.3. The predicted molar refractivity (Wildman–Crippen MR) is 142 cm³/mol. The number of piperidine rings is 1. The standard InChI is InChI=1S/C30H31FN4O3/c31-24-8-6-7-23(19-24)20-34-21-35(25-9-2-1-3-10-25)30(29(34)37)13-15-32(16-14-30)17-18-33-22-38-27-12-5-4-11-26(27)28(33)36/h1-12,19H,13-18,20-22H2. The Morgan fingerprint density at radius 2 is 1.61 bits per heavy atom. The number of carbonyl (C=O) groups excluding carboxylic acids is 2. The van der Waals surface area contributed by atoms with Gasteiger partial charge in [0.05, 0.1) is 12.2 Å². The normalized spacial score (nSPS) is 19.1. The van der Waals surface area contributed by atoms with Gasteiger partial charge in [0, 0.05) is 38.4 Å². The molecule has 0 radical (unpaired) electrons. The Bertz CT molecular complexity index is 1330. The first-order valence-electron chi connectivity index (χ1n) is 13.1. The lowest BCUT2D eigenvalue weighted by Crippen LogP contribution is -2.57. The van der Waals surface area contributed by atoms with Gasteiger partial charge >= 0.3 is 0 Å². The molecule has 2 amide bonds. The van der Waals surface area contributed by atoms with E-state index in [2.05, 4.69) is 9.80 Å².